The predicted molar refractivity (Wildman–Crippen MR) is 68.6 cm³/mol. The third-order valence-corrected chi connectivity index (χ3v) is 2.92. The number of hydrogen-bond donors (Lipinski definition) is 0. The van der Waals surface area contributed by atoms with Crippen LogP contribution in [0.5, 0.6) is 0 Å². The molecule has 0 saturated carbocycles. The van der Waals surface area contributed by atoms with E-state index in [0.29, 0.717) is 0 Å². The molecule has 1 aliphatic heterocycles. The summed E-state index contributed by atoms with van der Waals surface area (Å²) in [4.78, 5) is 22.1. The largest absolute Gasteiger partial charge is 0.393 e. The van der Waals surface area contributed by atoms with Crippen molar-refractivity contribution in [1.29, 1.82) is 0 Å². The van der Waals surface area contributed by atoms with E-state index in [4.69, 9.17) is 0 Å². The first-order valence-electron chi connectivity index (χ1n) is 5.64. The summed E-state index contributed by atoms with van der Waals surface area (Å²) in [5.74, 6) is -0.898. The van der Waals surface area contributed by atoms with Gasteiger partial charge in [0.25, 0.3) is 0 Å². The van der Waals surface area contributed by atoms with Crippen LogP contribution in [0.25, 0.3) is 0 Å². The zero-order valence-corrected chi connectivity index (χ0v) is 11.5. The Balaban J connectivity index is 0.000000686. The highest BCUT2D eigenvalue weighted by Crippen LogP contribution is 2.28. The van der Waals surface area contributed by atoms with Gasteiger partial charge in [-0.1, -0.05) is 41.9 Å². The molecule has 17 heavy (non-hydrogen) atoms. The number of halogens is 1. The maximum atomic E-state index is 11.1. The molecule has 0 spiro atoms. The van der Waals surface area contributed by atoms with Crippen molar-refractivity contribution in [3.05, 3.63) is 34.3 Å². The maximum Gasteiger partial charge on any atom is 0.314 e. The molecule has 0 unspecified atom stereocenters. The Morgan fingerprint density at radius 2 is 1.53 bits per heavy atom. The molecule has 0 N–H and O–H groups in total. The number of cyclic esters (lactones) is 2. The van der Waals surface area contributed by atoms with Crippen LogP contribution in [0.4, 0.5) is 0 Å². The molecule has 2 rings (SSSR count). The lowest BCUT2D eigenvalue weighted by Gasteiger charge is -2.19. The van der Waals surface area contributed by atoms with Gasteiger partial charge in [-0.2, -0.15) is 0 Å². The number of carbonyl (C=O) groups excluding carboxylic acids is 2. The molecule has 0 atom stereocenters. The van der Waals surface area contributed by atoms with Crippen molar-refractivity contribution in [2.24, 2.45) is 0 Å². The molecule has 0 amide bonds. The molecule has 1 heterocycles. The lowest BCUT2D eigenvalue weighted by atomic mass is 9.91. The third kappa shape index (κ3) is 3.97. The normalized spacial score (nSPS) is 15.9. The van der Waals surface area contributed by atoms with E-state index in [9.17, 15) is 9.59 Å². The fourth-order valence-corrected chi connectivity index (χ4v) is 1.92. The molecular formula is C13H15BrO3. The van der Waals surface area contributed by atoms with Gasteiger partial charge in [-0.25, -0.2) is 0 Å². The van der Waals surface area contributed by atoms with E-state index in [1.165, 1.54) is 0 Å². The van der Waals surface area contributed by atoms with E-state index < -0.39 is 11.9 Å². The minimum atomic E-state index is -0.431. The number of ether oxygens (including phenoxy) is 1. The molecule has 1 aliphatic rings. The van der Waals surface area contributed by atoms with E-state index in [-0.39, 0.29) is 18.8 Å². The lowest BCUT2D eigenvalue weighted by molar-refractivity contribution is -0.163. The van der Waals surface area contributed by atoms with Gasteiger partial charge in [-0.15, -0.1) is 0 Å². The molecule has 1 aromatic rings. The Kier molecular flexibility index (Phi) is 5.35. The molecule has 92 valence electrons. The van der Waals surface area contributed by atoms with Crippen LogP contribution < -0.4 is 0 Å². The molecule has 0 bridgehead atoms. The third-order valence-electron chi connectivity index (χ3n) is 2.40. The second kappa shape index (κ2) is 6.55. The molecule has 3 nitrogen and oxygen atoms in total. The smallest absolute Gasteiger partial charge is 0.314 e. The van der Waals surface area contributed by atoms with Crippen LogP contribution >= 0.6 is 15.9 Å². The van der Waals surface area contributed by atoms with E-state index >= 15 is 0 Å². The number of benzene rings is 1. The lowest BCUT2D eigenvalue weighted by Crippen LogP contribution is -2.24. The summed E-state index contributed by atoms with van der Waals surface area (Å²) in [6.45, 7) is 4.00. The Hall–Kier alpha value is -1.16. The van der Waals surface area contributed by atoms with Crippen LogP contribution in [-0.2, 0) is 14.3 Å². The summed E-state index contributed by atoms with van der Waals surface area (Å²) in [7, 11) is 0. The highest BCUT2D eigenvalue weighted by atomic mass is 79.9. The van der Waals surface area contributed by atoms with Crippen LogP contribution in [-0.4, -0.2) is 11.9 Å². The second-order valence-corrected chi connectivity index (χ2v) is 4.42. The first-order valence-corrected chi connectivity index (χ1v) is 6.43. The molecule has 1 fully saturated rings. The average molecular weight is 299 g/mol. The minimum Gasteiger partial charge on any atom is -0.393 e. The highest BCUT2D eigenvalue weighted by Gasteiger charge is 2.27. The average Bonchev–Trinajstić information content (AvgIpc) is 2.31. The molecule has 1 aromatic carbocycles. The second-order valence-electron chi connectivity index (χ2n) is 3.50. The number of carbonyl (C=O) groups is 2. The van der Waals surface area contributed by atoms with Gasteiger partial charge in [0.1, 0.15) is 0 Å². The summed E-state index contributed by atoms with van der Waals surface area (Å²) in [5, 5.41) is 0. The number of rotatable bonds is 1. The van der Waals surface area contributed by atoms with Gasteiger partial charge in [0.15, 0.2) is 0 Å². The van der Waals surface area contributed by atoms with Crippen LogP contribution in [0.3, 0.4) is 0 Å². The van der Waals surface area contributed by atoms with Gasteiger partial charge in [0.2, 0.25) is 0 Å². The maximum absolute atomic E-state index is 11.1. The summed E-state index contributed by atoms with van der Waals surface area (Å²) in [6, 6.07) is 7.64. The molecule has 0 radical (unpaired) electrons. The van der Waals surface area contributed by atoms with Crippen LogP contribution in [0.1, 0.15) is 38.2 Å². The standard InChI is InChI=1S/C11H9BrO3.C2H6/c12-9-3-1-7(2-4-9)8-5-10(13)15-11(14)6-8;1-2/h1-4,8H,5-6H2;1-2H3. The van der Waals surface area contributed by atoms with Crippen LogP contribution in [0.2, 0.25) is 0 Å². The summed E-state index contributed by atoms with van der Waals surface area (Å²) >= 11 is 3.33. The van der Waals surface area contributed by atoms with Gasteiger partial charge in [0.05, 0.1) is 12.8 Å². The fraction of sp³-hybridized carbons (Fsp3) is 0.385. The quantitative estimate of drug-likeness (QED) is 0.589. The Bertz CT molecular complexity index is 382. The first-order chi connectivity index (χ1) is 8.15. The van der Waals surface area contributed by atoms with Crippen molar-refractivity contribution in [2.45, 2.75) is 32.6 Å². The highest BCUT2D eigenvalue weighted by molar-refractivity contribution is 9.10. The summed E-state index contributed by atoms with van der Waals surface area (Å²) < 4.78 is 5.46. The topological polar surface area (TPSA) is 43.4 Å². The van der Waals surface area contributed by atoms with E-state index in [0.717, 1.165) is 10.0 Å². The van der Waals surface area contributed by atoms with Crippen molar-refractivity contribution in [2.75, 3.05) is 0 Å². The fourth-order valence-electron chi connectivity index (χ4n) is 1.66. The molecule has 4 heteroatoms. The van der Waals surface area contributed by atoms with E-state index in [2.05, 4.69) is 20.7 Å². The minimum absolute atomic E-state index is 0.0353. The van der Waals surface area contributed by atoms with Crippen LogP contribution in [0, 0.1) is 0 Å². The van der Waals surface area contributed by atoms with Gasteiger partial charge < -0.3 is 4.74 Å². The van der Waals surface area contributed by atoms with Gasteiger partial charge >= 0.3 is 11.9 Å². The van der Waals surface area contributed by atoms with Gasteiger partial charge in [-0.3, -0.25) is 9.59 Å². The van der Waals surface area contributed by atoms with Crippen molar-refractivity contribution in [3.63, 3.8) is 0 Å². The molecule has 1 saturated heterocycles. The van der Waals surface area contributed by atoms with Crippen molar-refractivity contribution in [3.8, 4) is 0 Å². The molecular weight excluding hydrogens is 284 g/mol. The zero-order chi connectivity index (χ0) is 12.8. The van der Waals surface area contributed by atoms with E-state index in [1.807, 2.05) is 38.1 Å². The summed E-state index contributed by atoms with van der Waals surface area (Å²) in [5.41, 5.74) is 1.00. The SMILES string of the molecule is CC.O=C1CC(c2ccc(Br)cc2)CC(=O)O1. The van der Waals surface area contributed by atoms with Gasteiger partial charge in [-0.05, 0) is 17.7 Å². The summed E-state index contributed by atoms with van der Waals surface area (Å²) in [6.07, 6.45) is 0.570. The molecule has 0 aromatic heterocycles. The molecule has 0 aliphatic carbocycles. The van der Waals surface area contributed by atoms with E-state index in [1.54, 1.807) is 0 Å². The predicted octanol–water partition coefficient (Wildman–Crippen LogP) is 3.42. The zero-order valence-electron chi connectivity index (χ0n) is 9.90. The number of esters is 2. The van der Waals surface area contributed by atoms with Gasteiger partial charge in [0, 0.05) is 10.4 Å². The first kappa shape index (κ1) is 13.9. The van der Waals surface area contributed by atoms with Crippen molar-refractivity contribution < 1.29 is 14.3 Å². The Morgan fingerprint density at radius 1 is 1.06 bits per heavy atom. The van der Waals surface area contributed by atoms with Crippen LogP contribution in [0.15, 0.2) is 28.7 Å². The van der Waals surface area contributed by atoms with Crippen molar-refractivity contribution >= 4 is 27.9 Å². The monoisotopic (exact) mass is 298 g/mol. The van der Waals surface area contributed by atoms with Crippen molar-refractivity contribution in [1.82, 2.24) is 0 Å². The Labute approximate surface area is 109 Å². The number of hydrogen-bond acceptors (Lipinski definition) is 3. The Morgan fingerprint density at radius 3 is 2.00 bits per heavy atom.